The number of benzene rings is 1. The second kappa shape index (κ2) is 7.16. The zero-order valence-electron chi connectivity index (χ0n) is 13.6. The first-order chi connectivity index (χ1) is 11.0. The summed E-state index contributed by atoms with van der Waals surface area (Å²) in [5, 5.41) is 1.59. The Kier molecular flexibility index (Phi) is 5.19. The van der Waals surface area contributed by atoms with Gasteiger partial charge in [0.15, 0.2) is 0 Å². The van der Waals surface area contributed by atoms with Crippen molar-refractivity contribution >= 4 is 16.2 Å². The number of rotatable bonds is 6. The minimum Gasteiger partial charge on any atom is -0.198 e. The number of hydrogen-bond acceptors (Lipinski definition) is 4. The summed E-state index contributed by atoms with van der Waals surface area (Å²) in [6.07, 6.45) is 11.4. The van der Waals surface area contributed by atoms with Crippen molar-refractivity contribution in [3.8, 4) is 0 Å². The van der Waals surface area contributed by atoms with Gasteiger partial charge in [-0.15, -0.1) is 0 Å². The number of nitrogens with zero attached hydrogens (tertiary/aromatic N) is 1. The molecule has 1 atom stereocenters. The second-order valence-electron chi connectivity index (χ2n) is 6.68. The minimum absolute atomic E-state index is 0.569. The van der Waals surface area contributed by atoms with E-state index in [4.69, 9.17) is 4.28 Å². The van der Waals surface area contributed by atoms with Gasteiger partial charge in [0.1, 0.15) is 0 Å². The van der Waals surface area contributed by atoms with Crippen molar-refractivity contribution in [3.63, 3.8) is 0 Å². The smallest absolute Gasteiger partial charge is 0.198 e. The zero-order chi connectivity index (χ0) is 16.3. The third-order valence-electron chi connectivity index (χ3n) is 4.85. The topological polar surface area (TPSA) is 46.6 Å². The molecule has 0 bridgehead atoms. The molecule has 1 heterocycles. The summed E-state index contributed by atoms with van der Waals surface area (Å²) in [7, 11) is -3.38. The Hall–Kier alpha value is -1.17. The molecule has 5 heteroatoms. The highest BCUT2D eigenvalue weighted by molar-refractivity contribution is 7.85. The molecule has 3 rings (SSSR count). The molecule has 0 amide bonds. The molecular formula is C18H25NO3S. The van der Waals surface area contributed by atoms with Gasteiger partial charge in [-0.1, -0.05) is 49.3 Å². The van der Waals surface area contributed by atoms with Crippen LogP contribution >= 0.6 is 0 Å². The van der Waals surface area contributed by atoms with Crippen molar-refractivity contribution < 1.29 is 12.7 Å². The zero-order valence-corrected chi connectivity index (χ0v) is 14.5. The molecule has 1 aliphatic carbocycles. The molecule has 126 valence electrons. The van der Waals surface area contributed by atoms with Crippen molar-refractivity contribution in [2.24, 2.45) is 5.92 Å². The van der Waals surface area contributed by atoms with E-state index in [1.165, 1.54) is 30.4 Å². The molecule has 1 aromatic carbocycles. The molecule has 0 N–H and O–H groups in total. The highest BCUT2D eigenvalue weighted by atomic mass is 32.2. The van der Waals surface area contributed by atoms with E-state index in [0.717, 1.165) is 19.1 Å². The lowest BCUT2D eigenvalue weighted by atomic mass is 9.89. The van der Waals surface area contributed by atoms with Gasteiger partial charge >= 0.3 is 0 Å². The Morgan fingerprint density at radius 1 is 1.17 bits per heavy atom. The van der Waals surface area contributed by atoms with E-state index in [1.807, 2.05) is 0 Å². The van der Waals surface area contributed by atoms with E-state index in [0.29, 0.717) is 24.9 Å². The van der Waals surface area contributed by atoms with Crippen LogP contribution in [0, 0.1) is 5.92 Å². The van der Waals surface area contributed by atoms with Gasteiger partial charge in [-0.25, -0.2) is 0 Å². The van der Waals surface area contributed by atoms with Gasteiger partial charge in [-0.3, -0.25) is 0 Å². The summed E-state index contributed by atoms with van der Waals surface area (Å²) in [5.74, 6) is 1.26. The maximum Gasteiger partial charge on any atom is 0.280 e. The second-order valence-corrected chi connectivity index (χ2v) is 8.23. The fourth-order valence-corrected chi connectivity index (χ4v) is 4.20. The van der Waals surface area contributed by atoms with Crippen molar-refractivity contribution in [1.29, 1.82) is 0 Å². The van der Waals surface area contributed by atoms with Crippen LogP contribution in [-0.2, 0) is 14.4 Å². The molecule has 1 saturated heterocycles. The lowest BCUT2D eigenvalue weighted by Gasteiger charge is -2.30. The van der Waals surface area contributed by atoms with E-state index >= 15 is 0 Å². The van der Waals surface area contributed by atoms with Crippen LogP contribution in [0.15, 0.2) is 30.3 Å². The average molecular weight is 335 g/mol. The van der Waals surface area contributed by atoms with Gasteiger partial charge in [0, 0.05) is 19.0 Å². The van der Waals surface area contributed by atoms with Crippen molar-refractivity contribution in [2.75, 3.05) is 19.3 Å². The van der Waals surface area contributed by atoms with E-state index in [1.54, 1.807) is 5.06 Å². The maximum atomic E-state index is 11.1. The molecule has 1 aromatic rings. The van der Waals surface area contributed by atoms with Crippen molar-refractivity contribution in [2.45, 2.75) is 38.0 Å². The molecule has 2 aliphatic rings. The van der Waals surface area contributed by atoms with E-state index in [2.05, 4.69) is 36.4 Å². The van der Waals surface area contributed by atoms with Gasteiger partial charge in [0.05, 0.1) is 6.26 Å². The normalized spacial score (nSPS) is 22.4. The third kappa shape index (κ3) is 4.66. The minimum atomic E-state index is -3.38. The monoisotopic (exact) mass is 335 g/mol. The molecule has 0 aromatic heterocycles. The van der Waals surface area contributed by atoms with Crippen LogP contribution < -0.4 is 0 Å². The van der Waals surface area contributed by atoms with Gasteiger partial charge in [-0.2, -0.15) is 17.8 Å². The summed E-state index contributed by atoms with van der Waals surface area (Å²) in [4.78, 5) is 0. The molecule has 0 radical (unpaired) electrons. The van der Waals surface area contributed by atoms with E-state index in [-0.39, 0.29) is 0 Å². The first-order valence-electron chi connectivity index (χ1n) is 8.43. The van der Waals surface area contributed by atoms with Crippen molar-refractivity contribution in [1.82, 2.24) is 5.06 Å². The van der Waals surface area contributed by atoms with E-state index < -0.39 is 10.1 Å². The van der Waals surface area contributed by atoms with Gasteiger partial charge in [-0.05, 0) is 36.3 Å². The Morgan fingerprint density at radius 2 is 1.91 bits per heavy atom. The highest BCUT2D eigenvalue weighted by Gasteiger charge is 2.23. The molecule has 0 spiro atoms. The Balaban J connectivity index is 1.39. The van der Waals surface area contributed by atoms with Crippen molar-refractivity contribution in [3.05, 3.63) is 41.5 Å². The van der Waals surface area contributed by atoms with Gasteiger partial charge in [0.2, 0.25) is 0 Å². The largest absolute Gasteiger partial charge is 0.280 e. The quantitative estimate of drug-likeness (QED) is 0.797. The lowest BCUT2D eigenvalue weighted by molar-refractivity contribution is -0.0754. The average Bonchev–Trinajstić information content (AvgIpc) is 2.91. The van der Waals surface area contributed by atoms with Crippen LogP contribution in [0.1, 0.15) is 49.1 Å². The molecule has 0 saturated carbocycles. The molecule has 4 nitrogen and oxygen atoms in total. The maximum absolute atomic E-state index is 11.1. The van der Waals surface area contributed by atoms with Crippen LogP contribution in [0.5, 0.6) is 0 Å². The summed E-state index contributed by atoms with van der Waals surface area (Å²) < 4.78 is 27.2. The van der Waals surface area contributed by atoms with Crippen LogP contribution in [0.2, 0.25) is 0 Å². The Morgan fingerprint density at radius 3 is 2.65 bits per heavy atom. The highest BCUT2D eigenvalue weighted by Crippen LogP contribution is 2.34. The van der Waals surface area contributed by atoms with Crippen LogP contribution in [0.3, 0.4) is 0 Å². The summed E-state index contributed by atoms with van der Waals surface area (Å²) >= 11 is 0. The molecule has 1 fully saturated rings. The Labute approximate surface area is 139 Å². The lowest BCUT2D eigenvalue weighted by Crippen LogP contribution is -2.35. The standard InChI is InChI=1S/C18H25NO3S/c1-23(20,21)22-19-13-11-15(12-14-19)5-4-7-17-10-9-16-6-2-3-8-18(16)17/h2-3,6,8-10,15,17H,4-5,7,11-14H2,1H3. The first kappa shape index (κ1) is 16.7. The predicted molar refractivity (Wildman–Crippen MR) is 92.3 cm³/mol. The predicted octanol–water partition coefficient (Wildman–Crippen LogP) is 3.57. The summed E-state index contributed by atoms with van der Waals surface area (Å²) in [6.45, 7) is 1.42. The fourth-order valence-electron chi connectivity index (χ4n) is 3.67. The summed E-state index contributed by atoms with van der Waals surface area (Å²) in [6, 6.07) is 8.64. The van der Waals surface area contributed by atoms with Crippen LogP contribution in [0.25, 0.3) is 6.08 Å². The number of fused-ring (bicyclic) bond motifs is 1. The number of hydroxylamine groups is 2. The molecule has 23 heavy (non-hydrogen) atoms. The van der Waals surface area contributed by atoms with E-state index in [9.17, 15) is 8.42 Å². The first-order valence-corrected chi connectivity index (χ1v) is 10.2. The molecule has 1 unspecified atom stereocenters. The summed E-state index contributed by atoms with van der Waals surface area (Å²) in [5.41, 5.74) is 2.83. The molecular weight excluding hydrogens is 310 g/mol. The van der Waals surface area contributed by atoms with Gasteiger partial charge in [0.25, 0.3) is 10.1 Å². The fraction of sp³-hybridized carbons (Fsp3) is 0.556. The number of hydrogen-bond donors (Lipinski definition) is 0. The van der Waals surface area contributed by atoms with Crippen LogP contribution in [-0.4, -0.2) is 32.8 Å². The van der Waals surface area contributed by atoms with Gasteiger partial charge < -0.3 is 0 Å². The Bertz CT molecular complexity index is 661. The SMILES string of the molecule is CS(=O)(=O)ON1CCC(CCCC2C=Cc3ccccc32)CC1. The number of allylic oxidation sites excluding steroid dienone is 1. The molecule has 1 aliphatic heterocycles. The number of piperidine rings is 1. The third-order valence-corrected chi connectivity index (χ3v) is 5.33. The van der Waals surface area contributed by atoms with Crippen LogP contribution in [0.4, 0.5) is 0 Å².